The smallest absolute Gasteiger partial charge is 0.124 e. The molecular formula is C13H18BrNO2. The van der Waals surface area contributed by atoms with Gasteiger partial charge in [0.05, 0.1) is 13.2 Å². The van der Waals surface area contributed by atoms with Gasteiger partial charge in [0.15, 0.2) is 0 Å². The van der Waals surface area contributed by atoms with Gasteiger partial charge in [-0.15, -0.1) is 0 Å². The molecule has 0 aliphatic carbocycles. The summed E-state index contributed by atoms with van der Waals surface area (Å²) in [5, 5.41) is 3.32. The molecule has 94 valence electrons. The van der Waals surface area contributed by atoms with Crippen molar-refractivity contribution in [1.82, 2.24) is 5.32 Å². The van der Waals surface area contributed by atoms with Crippen molar-refractivity contribution in [3.63, 3.8) is 0 Å². The van der Waals surface area contributed by atoms with Gasteiger partial charge in [0.25, 0.3) is 0 Å². The maximum atomic E-state index is 5.97. The highest BCUT2D eigenvalue weighted by atomic mass is 79.9. The van der Waals surface area contributed by atoms with Gasteiger partial charge in [-0.2, -0.15) is 0 Å². The molecule has 1 unspecified atom stereocenters. The molecule has 4 heteroatoms. The number of ether oxygens (including phenoxy) is 2. The average molecular weight is 300 g/mol. The molecule has 17 heavy (non-hydrogen) atoms. The van der Waals surface area contributed by atoms with E-state index in [2.05, 4.69) is 34.2 Å². The summed E-state index contributed by atoms with van der Waals surface area (Å²) in [5.74, 6) is 0.963. The lowest BCUT2D eigenvalue weighted by atomic mass is 10.2. The molecule has 1 heterocycles. The third-order valence-corrected chi connectivity index (χ3v) is 3.26. The molecule has 1 atom stereocenters. The van der Waals surface area contributed by atoms with Crippen LogP contribution in [0.1, 0.15) is 18.9 Å². The van der Waals surface area contributed by atoms with Crippen LogP contribution in [0.3, 0.4) is 0 Å². The number of hydrogen-bond donors (Lipinski definition) is 1. The predicted octanol–water partition coefficient (Wildman–Crippen LogP) is 2.73. The Morgan fingerprint density at radius 1 is 1.53 bits per heavy atom. The van der Waals surface area contributed by atoms with E-state index < -0.39 is 0 Å². The van der Waals surface area contributed by atoms with Crippen LogP contribution >= 0.6 is 15.9 Å². The van der Waals surface area contributed by atoms with Crippen LogP contribution in [0.4, 0.5) is 0 Å². The minimum absolute atomic E-state index is 0.205. The summed E-state index contributed by atoms with van der Waals surface area (Å²) < 4.78 is 12.4. The number of rotatable bonds is 5. The highest BCUT2D eigenvalue weighted by molar-refractivity contribution is 9.10. The van der Waals surface area contributed by atoms with Crippen LogP contribution in [0, 0.1) is 0 Å². The first kappa shape index (κ1) is 12.9. The van der Waals surface area contributed by atoms with E-state index in [-0.39, 0.29) is 6.10 Å². The van der Waals surface area contributed by atoms with Gasteiger partial charge in [0.1, 0.15) is 11.9 Å². The van der Waals surface area contributed by atoms with Crippen LogP contribution in [0.15, 0.2) is 22.7 Å². The molecule has 1 saturated heterocycles. The van der Waals surface area contributed by atoms with Gasteiger partial charge in [0.2, 0.25) is 0 Å². The van der Waals surface area contributed by atoms with Crippen LogP contribution < -0.4 is 10.1 Å². The second-order valence-electron chi connectivity index (χ2n) is 4.14. The van der Waals surface area contributed by atoms with Gasteiger partial charge in [-0.3, -0.25) is 0 Å². The topological polar surface area (TPSA) is 30.5 Å². The second kappa shape index (κ2) is 6.38. The van der Waals surface area contributed by atoms with E-state index in [0.29, 0.717) is 6.61 Å². The summed E-state index contributed by atoms with van der Waals surface area (Å²) >= 11 is 3.49. The molecule has 0 bridgehead atoms. The molecule has 1 fully saturated rings. The summed E-state index contributed by atoms with van der Waals surface area (Å²) in [4.78, 5) is 0. The Balaban J connectivity index is 2.07. The zero-order valence-corrected chi connectivity index (χ0v) is 11.6. The van der Waals surface area contributed by atoms with Gasteiger partial charge in [-0.05, 0) is 24.7 Å². The zero-order chi connectivity index (χ0) is 12.1. The maximum absolute atomic E-state index is 5.97. The summed E-state index contributed by atoms with van der Waals surface area (Å²) in [6, 6.07) is 6.14. The average Bonchev–Trinajstić information content (AvgIpc) is 2.82. The van der Waals surface area contributed by atoms with Crippen LogP contribution in [-0.4, -0.2) is 25.9 Å². The van der Waals surface area contributed by atoms with Crippen LogP contribution in [-0.2, 0) is 11.3 Å². The molecule has 1 aliphatic heterocycles. The third kappa shape index (κ3) is 3.69. The van der Waals surface area contributed by atoms with E-state index in [9.17, 15) is 0 Å². The molecule has 0 radical (unpaired) electrons. The van der Waals surface area contributed by atoms with E-state index in [4.69, 9.17) is 9.47 Å². The maximum Gasteiger partial charge on any atom is 0.124 e. The number of nitrogens with one attached hydrogen (secondary N) is 1. The Morgan fingerprint density at radius 3 is 3.12 bits per heavy atom. The Bertz CT molecular complexity index is 364. The summed E-state index contributed by atoms with van der Waals surface area (Å²) in [7, 11) is 0. The molecule has 2 rings (SSSR count). The molecule has 1 aliphatic rings. The largest absolute Gasteiger partial charge is 0.488 e. The van der Waals surface area contributed by atoms with Gasteiger partial charge in [0, 0.05) is 23.0 Å². The first-order chi connectivity index (χ1) is 8.29. The van der Waals surface area contributed by atoms with E-state index in [1.165, 1.54) is 5.56 Å². The fourth-order valence-electron chi connectivity index (χ4n) is 1.85. The molecule has 1 N–H and O–H groups in total. The minimum Gasteiger partial charge on any atom is -0.488 e. The monoisotopic (exact) mass is 299 g/mol. The van der Waals surface area contributed by atoms with Crippen molar-refractivity contribution in [2.24, 2.45) is 0 Å². The summed E-state index contributed by atoms with van der Waals surface area (Å²) in [5.41, 5.74) is 1.19. The molecule has 0 aromatic heterocycles. The molecule has 0 saturated carbocycles. The number of benzene rings is 1. The van der Waals surface area contributed by atoms with Gasteiger partial charge < -0.3 is 14.8 Å². The van der Waals surface area contributed by atoms with Crippen molar-refractivity contribution in [3.05, 3.63) is 28.2 Å². The van der Waals surface area contributed by atoms with Crippen molar-refractivity contribution in [1.29, 1.82) is 0 Å². The molecule has 3 nitrogen and oxygen atoms in total. The summed E-state index contributed by atoms with van der Waals surface area (Å²) in [6.45, 7) is 5.40. The predicted molar refractivity (Wildman–Crippen MR) is 71.4 cm³/mol. The number of halogens is 1. The lowest BCUT2D eigenvalue weighted by Crippen LogP contribution is -2.18. The minimum atomic E-state index is 0.205. The third-order valence-electron chi connectivity index (χ3n) is 2.77. The van der Waals surface area contributed by atoms with Crippen molar-refractivity contribution in [2.45, 2.75) is 26.0 Å². The first-order valence-electron chi connectivity index (χ1n) is 6.03. The highest BCUT2D eigenvalue weighted by Gasteiger charge is 2.18. The molecular weight excluding hydrogens is 282 g/mol. The highest BCUT2D eigenvalue weighted by Crippen LogP contribution is 2.25. The second-order valence-corrected chi connectivity index (χ2v) is 5.05. The van der Waals surface area contributed by atoms with Crippen molar-refractivity contribution in [2.75, 3.05) is 19.8 Å². The zero-order valence-electron chi connectivity index (χ0n) is 10.0. The Labute approximate surface area is 111 Å². The van der Waals surface area contributed by atoms with E-state index >= 15 is 0 Å². The standard InChI is InChI=1S/C13H18BrNO2/c1-2-15-8-10-7-11(14)3-4-13(10)17-12-5-6-16-9-12/h3-4,7,12,15H,2,5-6,8-9H2,1H3. The van der Waals surface area contributed by atoms with Crippen LogP contribution in [0.5, 0.6) is 5.75 Å². The fourth-order valence-corrected chi connectivity index (χ4v) is 2.25. The molecule has 0 spiro atoms. The van der Waals surface area contributed by atoms with Crippen molar-refractivity contribution >= 4 is 15.9 Å². The summed E-state index contributed by atoms with van der Waals surface area (Å²) in [6.07, 6.45) is 1.19. The Morgan fingerprint density at radius 2 is 2.41 bits per heavy atom. The normalized spacial score (nSPS) is 19.5. The molecule has 1 aromatic rings. The van der Waals surface area contributed by atoms with Gasteiger partial charge in [-0.25, -0.2) is 0 Å². The fraction of sp³-hybridized carbons (Fsp3) is 0.538. The quantitative estimate of drug-likeness (QED) is 0.907. The molecule has 1 aromatic carbocycles. The molecule has 0 amide bonds. The Kier molecular flexibility index (Phi) is 4.83. The lowest BCUT2D eigenvalue weighted by Gasteiger charge is -2.16. The van der Waals surface area contributed by atoms with E-state index in [0.717, 1.165) is 36.3 Å². The SMILES string of the molecule is CCNCc1cc(Br)ccc1OC1CCOC1. The van der Waals surface area contributed by atoms with Gasteiger partial charge in [-0.1, -0.05) is 22.9 Å². The van der Waals surface area contributed by atoms with E-state index in [1.54, 1.807) is 0 Å². The van der Waals surface area contributed by atoms with Gasteiger partial charge >= 0.3 is 0 Å². The van der Waals surface area contributed by atoms with Crippen LogP contribution in [0.2, 0.25) is 0 Å². The van der Waals surface area contributed by atoms with Crippen LogP contribution in [0.25, 0.3) is 0 Å². The van der Waals surface area contributed by atoms with Crippen molar-refractivity contribution in [3.8, 4) is 5.75 Å². The number of hydrogen-bond acceptors (Lipinski definition) is 3. The van der Waals surface area contributed by atoms with Crippen molar-refractivity contribution < 1.29 is 9.47 Å². The first-order valence-corrected chi connectivity index (χ1v) is 6.82. The van der Waals surface area contributed by atoms with E-state index in [1.807, 2.05) is 12.1 Å². The lowest BCUT2D eigenvalue weighted by molar-refractivity contribution is 0.140. The Hall–Kier alpha value is -0.580.